The van der Waals surface area contributed by atoms with Crippen LogP contribution in [0.3, 0.4) is 0 Å². The second kappa shape index (κ2) is 7.44. The summed E-state index contributed by atoms with van der Waals surface area (Å²) >= 11 is 0. The first-order valence-electron chi connectivity index (χ1n) is 9.01. The van der Waals surface area contributed by atoms with Gasteiger partial charge in [-0.3, -0.25) is 9.58 Å². The van der Waals surface area contributed by atoms with Crippen molar-refractivity contribution in [3.8, 4) is 0 Å². The Kier molecular flexibility index (Phi) is 4.89. The predicted octanol–water partition coefficient (Wildman–Crippen LogP) is 2.42. The highest BCUT2D eigenvalue weighted by atomic mass is 16.5. The Labute approximate surface area is 142 Å². The second-order valence-corrected chi connectivity index (χ2v) is 6.83. The van der Waals surface area contributed by atoms with E-state index in [1.807, 2.05) is 23.1 Å². The van der Waals surface area contributed by atoms with Crippen molar-refractivity contribution in [1.29, 1.82) is 0 Å². The molecule has 0 saturated carbocycles. The highest BCUT2D eigenvalue weighted by molar-refractivity contribution is 4.92. The average molecular weight is 331 g/mol. The first kappa shape index (κ1) is 15.8. The van der Waals surface area contributed by atoms with Crippen molar-refractivity contribution < 1.29 is 9.26 Å². The second-order valence-electron chi connectivity index (χ2n) is 6.83. The van der Waals surface area contributed by atoms with Crippen molar-refractivity contribution in [2.24, 2.45) is 5.92 Å². The molecule has 24 heavy (non-hydrogen) atoms. The number of nitrogens with zero attached hydrogens (tertiary/aromatic N) is 5. The smallest absolute Gasteiger partial charge is 0.255 e. The molecule has 2 aromatic heterocycles. The monoisotopic (exact) mass is 331 g/mol. The van der Waals surface area contributed by atoms with Crippen LogP contribution in [-0.4, -0.2) is 44.5 Å². The normalized spacial score (nSPS) is 23.1. The van der Waals surface area contributed by atoms with Gasteiger partial charge in [-0.05, 0) is 57.2 Å². The van der Waals surface area contributed by atoms with E-state index in [1.165, 1.54) is 19.3 Å². The number of hydrogen-bond acceptors (Lipinski definition) is 6. The van der Waals surface area contributed by atoms with Gasteiger partial charge in [0, 0.05) is 25.5 Å². The predicted molar refractivity (Wildman–Crippen MR) is 87.1 cm³/mol. The fourth-order valence-electron chi connectivity index (χ4n) is 3.62. The van der Waals surface area contributed by atoms with Gasteiger partial charge in [-0.15, -0.1) is 0 Å². The molecule has 7 nitrogen and oxygen atoms in total. The zero-order valence-electron chi connectivity index (χ0n) is 14.0. The van der Waals surface area contributed by atoms with Crippen LogP contribution >= 0.6 is 0 Å². The molecule has 0 aliphatic carbocycles. The molecule has 2 aliphatic rings. The van der Waals surface area contributed by atoms with Gasteiger partial charge < -0.3 is 9.26 Å². The Balaban J connectivity index is 1.21. The molecule has 4 rings (SSSR count). The molecular formula is C17H25N5O2. The van der Waals surface area contributed by atoms with Gasteiger partial charge in [-0.1, -0.05) is 5.16 Å². The third kappa shape index (κ3) is 3.84. The molecule has 2 aromatic rings. The molecule has 7 heteroatoms. The molecule has 0 spiro atoms. The maximum atomic E-state index is 5.60. The molecule has 0 N–H and O–H groups in total. The van der Waals surface area contributed by atoms with Crippen molar-refractivity contribution in [2.45, 2.75) is 51.3 Å². The summed E-state index contributed by atoms with van der Waals surface area (Å²) in [4.78, 5) is 6.94. The average Bonchev–Trinajstić information content (AvgIpc) is 3.36. The van der Waals surface area contributed by atoms with E-state index in [-0.39, 0.29) is 6.10 Å². The summed E-state index contributed by atoms with van der Waals surface area (Å²) in [5.41, 5.74) is 0. The number of aromatic nitrogens is 4. The summed E-state index contributed by atoms with van der Waals surface area (Å²) in [5.74, 6) is 2.23. The topological polar surface area (TPSA) is 69.2 Å². The number of hydrogen-bond donors (Lipinski definition) is 0. The highest BCUT2D eigenvalue weighted by Gasteiger charge is 2.25. The van der Waals surface area contributed by atoms with E-state index in [1.54, 1.807) is 0 Å². The van der Waals surface area contributed by atoms with Gasteiger partial charge in [-0.25, -0.2) is 0 Å². The number of rotatable bonds is 6. The summed E-state index contributed by atoms with van der Waals surface area (Å²) in [7, 11) is 0. The van der Waals surface area contributed by atoms with Crippen LogP contribution in [0.5, 0.6) is 0 Å². The molecule has 0 aromatic carbocycles. The van der Waals surface area contributed by atoms with E-state index in [9.17, 15) is 0 Å². The van der Waals surface area contributed by atoms with Crippen LogP contribution in [0.1, 0.15) is 49.9 Å². The van der Waals surface area contributed by atoms with Gasteiger partial charge >= 0.3 is 0 Å². The lowest BCUT2D eigenvalue weighted by Gasteiger charge is -2.31. The van der Waals surface area contributed by atoms with Crippen molar-refractivity contribution >= 4 is 0 Å². The van der Waals surface area contributed by atoms with Crippen LogP contribution < -0.4 is 0 Å². The minimum Gasteiger partial charge on any atom is -0.368 e. The quantitative estimate of drug-likeness (QED) is 0.810. The summed E-state index contributed by atoms with van der Waals surface area (Å²) < 4.78 is 13.0. The van der Waals surface area contributed by atoms with E-state index < -0.39 is 0 Å². The Hall–Kier alpha value is -1.73. The standard InChI is InChI=1S/C17H25N5O2/c1-3-15(23-12-1)17-19-16(20-24-17)13-21-9-4-14(5-10-21)6-11-22-8-2-7-18-22/h2,7-8,14-15H,1,3-6,9-13H2/t15-/m0/s1. The summed E-state index contributed by atoms with van der Waals surface area (Å²) in [6.07, 6.45) is 9.64. The molecule has 2 saturated heterocycles. The third-order valence-electron chi connectivity index (χ3n) is 5.09. The molecule has 0 amide bonds. The fraction of sp³-hybridized carbons (Fsp3) is 0.706. The van der Waals surface area contributed by atoms with Gasteiger partial charge in [0.05, 0.1) is 6.54 Å². The summed E-state index contributed by atoms with van der Waals surface area (Å²) in [5, 5.41) is 8.40. The van der Waals surface area contributed by atoms with E-state index in [0.717, 1.165) is 57.4 Å². The number of aryl methyl sites for hydroxylation is 1. The Bertz CT molecular complexity index is 613. The van der Waals surface area contributed by atoms with Crippen LogP contribution in [0.25, 0.3) is 0 Å². The van der Waals surface area contributed by atoms with Gasteiger partial charge in [0.15, 0.2) is 5.82 Å². The lowest BCUT2D eigenvalue weighted by Crippen LogP contribution is -2.33. The molecule has 0 unspecified atom stereocenters. The van der Waals surface area contributed by atoms with E-state index in [4.69, 9.17) is 9.26 Å². The van der Waals surface area contributed by atoms with Crippen LogP contribution in [0, 0.1) is 5.92 Å². The van der Waals surface area contributed by atoms with Crippen LogP contribution in [0.15, 0.2) is 23.0 Å². The Morgan fingerprint density at radius 2 is 2.12 bits per heavy atom. The van der Waals surface area contributed by atoms with Crippen molar-refractivity contribution in [3.05, 3.63) is 30.2 Å². The molecule has 1 atom stereocenters. The largest absolute Gasteiger partial charge is 0.368 e. The highest BCUT2D eigenvalue weighted by Crippen LogP contribution is 2.27. The van der Waals surface area contributed by atoms with E-state index >= 15 is 0 Å². The van der Waals surface area contributed by atoms with Crippen molar-refractivity contribution in [2.75, 3.05) is 19.7 Å². The molecule has 2 fully saturated rings. The van der Waals surface area contributed by atoms with Crippen molar-refractivity contribution in [3.63, 3.8) is 0 Å². The molecule has 2 aliphatic heterocycles. The van der Waals surface area contributed by atoms with Crippen LogP contribution in [0.4, 0.5) is 0 Å². The molecule has 4 heterocycles. The van der Waals surface area contributed by atoms with Gasteiger partial charge in [-0.2, -0.15) is 10.1 Å². The lowest BCUT2D eigenvalue weighted by atomic mass is 9.93. The third-order valence-corrected chi connectivity index (χ3v) is 5.09. The molecule has 0 radical (unpaired) electrons. The van der Waals surface area contributed by atoms with E-state index in [2.05, 4.69) is 20.1 Å². The van der Waals surface area contributed by atoms with Crippen molar-refractivity contribution in [1.82, 2.24) is 24.8 Å². The summed E-state index contributed by atoms with van der Waals surface area (Å²) in [6.45, 7) is 4.81. The number of ether oxygens (including phenoxy) is 1. The number of piperidine rings is 1. The van der Waals surface area contributed by atoms with Gasteiger partial charge in [0.25, 0.3) is 5.89 Å². The molecular weight excluding hydrogens is 306 g/mol. The van der Waals surface area contributed by atoms with Gasteiger partial charge in [0.2, 0.25) is 0 Å². The van der Waals surface area contributed by atoms with E-state index in [0.29, 0.717) is 5.89 Å². The van der Waals surface area contributed by atoms with Crippen LogP contribution in [0.2, 0.25) is 0 Å². The molecule has 0 bridgehead atoms. The minimum absolute atomic E-state index is 0.0132. The maximum Gasteiger partial charge on any atom is 0.255 e. The first-order valence-corrected chi connectivity index (χ1v) is 9.01. The molecule has 130 valence electrons. The lowest BCUT2D eigenvalue weighted by molar-refractivity contribution is 0.0835. The van der Waals surface area contributed by atoms with Crippen LogP contribution in [-0.2, 0) is 17.8 Å². The first-order chi connectivity index (χ1) is 11.9. The number of likely N-dealkylation sites (tertiary alicyclic amines) is 1. The Morgan fingerprint density at radius 3 is 2.88 bits per heavy atom. The Morgan fingerprint density at radius 1 is 1.21 bits per heavy atom. The maximum absolute atomic E-state index is 5.60. The fourth-order valence-corrected chi connectivity index (χ4v) is 3.62. The SMILES string of the molecule is c1cnn(CCC2CCN(Cc3noc([C@@H]4CCCO4)n3)CC2)c1. The minimum atomic E-state index is 0.0132. The van der Waals surface area contributed by atoms with Gasteiger partial charge in [0.1, 0.15) is 6.10 Å². The summed E-state index contributed by atoms with van der Waals surface area (Å²) in [6, 6.07) is 1.98. The zero-order valence-corrected chi connectivity index (χ0v) is 14.0. The zero-order chi connectivity index (χ0) is 16.2.